The Morgan fingerprint density at radius 1 is 1.53 bits per heavy atom. The predicted molar refractivity (Wildman–Crippen MR) is 65.5 cm³/mol. The second kappa shape index (κ2) is 6.72. The third-order valence-corrected chi connectivity index (χ3v) is 2.92. The molecule has 3 nitrogen and oxygen atoms in total. The van der Waals surface area contributed by atoms with E-state index in [-0.39, 0.29) is 0 Å². The minimum absolute atomic E-state index is 0.643. The van der Waals surface area contributed by atoms with Crippen molar-refractivity contribution in [3.8, 4) is 0 Å². The van der Waals surface area contributed by atoms with Gasteiger partial charge in [-0.1, -0.05) is 13.3 Å². The smallest absolute Gasteiger partial charge is 0.202 e. The summed E-state index contributed by atoms with van der Waals surface area (Å²) in [4.78, 5) is 4.27. The highest BCUT2D eigenvalue weighted by Gasteiger charge is 2.07. The van der Waals surface area contributed by atoms with Crippen molar-refractivity contribution in [3.05, 3.63) is 12.4 Å². The minimum atomic E-state index is 0.643. The van der Waals surface area contributed by atoms with Crippen LogP contribution in [0.1, 0.15) is 26.7 Å². The van der Waals surface area contributed by atoms with Crippen LogP contribution in [0.25, 0.3) is 0 Å². The maximum Gasteiger partial charge on any atom is 0.202 e. The van der Waals surface area contributed by atoms with Gasteiger partial charge in [-0.05, 0) is 19.3 Å². The van der Waals surface area contributed by atoms with Crippen molar-refractivity contribution in [2.45, 2.75) is 33.2 Å². The molecule has 1 atom stereocenters. The molecule has 0 amide bonds. The number of nitrogens with one attached hydrogen (secondary N) is 1. The molecule has 1 rings (SSSR count). The summed E-state index contributed by atoms with van der Waals surface area (Å²) in [7, 11) is 0. The molecule has 0 aromatic carbocycles. The van der Waals surface area contributed by atoms with E-state index in [1.54, 1.807) is 0 Å². The summed E-state index contributed by atoms with van der Waals surface area (Å²) < 4.78 is 2.10. The van der Waals surface area contributed by atoms with Crippen LogP contribution in [-0.2, 0) is 6.54 Å². The monoisotopic (exact) mass is 229 g/mol. The van der Waals surface area contributed by atoms with Gasteiger partial charge >= 0.3 is 0 Å². The van der Waals surface area contributed by atoms with Gasteiger partial charge in [0.25, 0.3) is 0 Å². The second-order valence-corrected chi connectivity index (χ2v) is 4.05. The van der Waals surface area contributed by atoms with E-state index in [1.807, 2.05) is 12.4 Å². The Kier molecular flexibility index (Phi) is 5.54. The van der Waals surface area contributed by atoms with Crippen LogP contribution in [0.5, 0.6) is 0 Å². The molecular weight excluding hydrogens is 210 g/mol. The van der Waals surface area contributed by atoms with Crippen LogP contribution in [0.2, 0.25) is 0 Å². The molecule has 0 spiro atoms. The maximum absolute atomic E-state index is 5.75. The summed E-state index contributed by atoms with van der Waals surface area (Å²) in [5.74, 6) is 2.35. The minimum Gasteiger partial charge on any atom is -0.355 e. The van der Waals surface area contributed by atoms with E-state index in [4.69, 9.17) is 11.6 Å². The van der Waals surface area contributed by atoms with Gasteiger partial charge in [0, 0.05) is 31.4 Å². The average molecular weight is 230 g/mol. The Morgan fingerprint density at radius 3 is 2.93 bits per heavy atom. The van der Waals surface area contributed by atoms with E-state index in [1.165, 1.54) is 0 Å². The molecule has 0 saturated heterocycles. The Balaban J connectivity index is 2.41. The van der Waals surface area contributed by atoms with Crippen LogP contribution in [-0.4, -0.2) is 22.0 Å². The third-order valence-electron chi connectivity index (χ3n) is 2.70. The zero-order chi connectivity index (χ0) is 11.1. The number of aryl methyl sites for hydroxylation is 1. The Labute approximate surface area is 96.8 Å². The number of alkyl halides is 1. The van der Waals surface area contributed by atoms with Crippen molar-refractivity contribution >= 4 is 17.5 Å². The van der Waals surface area contributed by atoms with Crippen molar-refractivity contribution in [1.29, 1.82) is 0 Å². The summed E-state index contributed by atoms with van der Waals surface area (Å²) in [6.45, 7) is 6.23. The third kappa shape index (κ3) is 3.74. The lowest BCUT2D eigenvalue weighted by Crippen LogP contribution is -2.16. The summed E-state index contributed by atoms with van der Waals surface area (Å²) in [6.07, 6.45) is 6.05. The van der Waals surface area contributed by atoms with Crippen LogP contribution in [0.3, 0.4) is 0 Å². The van der Waals surface area contributed by atoms with E-state index in [0.717, 1.165) is 37.8 Å². The van der Waals surface area contributed by atoms with Crippen LogP contribution < -0.4 is 5.32 Å². The highest BCUT2D eigenvalue weighted by Crippen LogP contribution is 2.11. The number of anilines is 1. The molecule has 0 aliphatic heterocycles. The van der Waals surface area contributed by atoms with Crippen LogP contribution in [0, 0.1) is 5.92 Å². The molecule has 1 aromatic heterocycles. The van der Waals surface area contributed by atoms with E-state index in [9.17, 15) is 0 Å². The van der Waals surface area contributed by atoms with Gasteiger partial charge in [-0.15, -0.1) is 11.6 Å². The number of aromatic nitrogens is 2. The zero-order valence-electron chi connectivity index (χ0n) is 9.54. The van der Waals surface area contributed by atoms with Gasteiger partial charge in [0.1, 0.15) is 0 Å². The molecule has 1 N–H and O–H groups in total. The van der Waals surface area contributed by atoms with Gasteiger partial charge in [-0.25, -0.2) is 4.98 Å². The summed E-state index contributed by atoms with van der Waals surface area (Å²) in [6, 6.07) is 0. The molecule has 0 radical (unpaired) electrons. The molecule has 0 aliphatic rings. The molecule has 0 saturated carbocycles. The summed E-state index contributed by atoms with van der Waals surface area (Å²) >= 11 is 5.75. The van der Waals surface area contributed by atoms with E-state index >= 15 is 0 Å². The predicted octanol–water partition coefficient (Wildman–Crippen LogP) is 2.97. The number of hydrogen-bond acceptors (Lipinski definition) is 2. The molecule has 1 heterocycles. The fraction of sp³-hybridized carbons (Fsp3) is 0.727. The lowest BCUT2D eigenvalue weighted by Gasteiger charge is -2.15. The second-order valence-electron chi connectivity index (χ2n) is 3.67. The number of imidazole rings is 1. The van der Waals surface area contributed by atoms with Gasteiger partial charge in [0.2, 0.25) is 5.95 Å². The molecule has 15 heavy (non-hydrogen) atoms. The quantitative estimate of drug-likeness (QED) is 0.729. The first kappa shape index (κ1) is 12.4. The normalized spacial score (nSPS) is 12.7. The van der Waals surface area contributed by atoms with Gasteiger partial charge in [-0.3, -0.25) is 0 Å². The Hall–Kier alpha value is -0.700. The first-order valence-corrected chi connectivity index (χ1v) is 6.16. The number of hydrogen-bond donors (Lipinski definition) is 1. The molecule has 1 aromatic rings. The molecule has 0 bridgehead atoms. The summed E-state index contributed by atoms with van der Waals surface area (Å²) in [5, 5.41) is 3.37. The maximum atomic E-state index is 5.75. The average Bonchev–Trinajstić information content (AvgIpc) is 2.71. The topological polar surface area (TPSA) is 29.9 Å². The van der Waals surface area contributed by atoms with Crippen molar-refractivity contribution in [2.24, 2.45) is 5.92 Å². The lowest BCUT2D eigenvalue weighted by molar-refractivity contribution is 0.519. The standard InChI is InChI=1S/C11H20ClN3/c1-3-10(5-6-12)9-14-11-13-7-8-15(11)4-2/h7-8,10H,3-6,9H2,1-2H3,(H,13,14). The van der Waals surface area contributed by atoms with Gasteiger partial charge < -0.3 is 9.88 Å². The lowest BCUT2D eigenvalue weighted by atomic mass is 10.0. The van der Waals surface area contributed by atoms with Crippen molar-refractivity contribution in [2.75, 3.05) is 17.7 Å². The number of nitrogens with zero attached hydrogens (tertiary/aromatic N) is 2. The molecular formula is C11H20ClN3. The van der Waals surface area contributed by atoms with Crippen LogP contribution >= 0.6 is 11.6 Å². The fourth-order valence-electron chi connectivity index (χ4n) is 1.57. The van der Waals surface area contributed by atoms with Crippen LogP contribution in [0.4, 0.5) is 5.95 Å². The SMILES string of the molecule is CCC(CCCl)CNc1nccn1CC. The Morgan fingerprint density at radius 2 is 2.33 bits per heavy atom. The van der Waals surface area contributed by atoms with E-state index in [0.29, 0.717) is 5.92 Å². The van der Waals surface area contributed by atoms with E-state index < -0.39 is 0 Å². The number of rotatable bonds is 7. The molecule has 0 fully saturated rings. The van der Waals surface area contributed by atoms with Crippen molar-refractivity contribution in [3.63, 3.8) is 0 Å². The Bertz CT molecular complexity index is 273. The van der Waals surface area contributed by atoms with Crippen LogP contribution in [0.15, 0.2) is 12.4 Å². The molecule has 0 aliphatic carbocycles. The highest BCUT2D eigenvalue weighted by atomic mass is 35.5. The van der Waals surface area contributed by atoms with Gasteiger partial charge in [0.15, 0.2) is 0 Å². The number of halogens is 1. The summed E-state index contributed by atoms with van der Waals surface area (Å²) in [5.41, 5.74) is 0. The van der Waals surface area contributed by atoms with Crippen molar-refractivity contribution in [1.82, 2.24) is 9.55 Å². The first-order valence-electron chi connectivity index (χ1n) is 5.62. The molecule has 1 unspecified atom stereocenters. The zero-order valence-corrected chi connectivity index (χ0v) is 10.3. The first-order chi connectivity index (χ1) is 7.31. The molecule has 4 heteroatoms. The van der Waals surface area contributed by atoms with Gasteiger partial charge in [0.05, 0.1) is 0 Å². The largest absolute Gasteiger partial charge is 0.355 e. The van der Waals surface area contributed by atoms with Crippen molar-refractivity contribution < 1.29 is 0 Å². The highest BCUT2D eigenvalue weighted by molar-refractivity contribution is 6.17. The fourth-order valence-corrected chi connectivity index (χ4v) is 1.88. The van der Waals surface area contributed by atoms with E-state index in [2.05, 4.69) is 28.7 Å². The van der Waals surface area contributed by atoms with Gasteiger partial charge in [-0.2, -0.15) is 0 Å². The molecule has 86 valence electrons.